The minimum Gasteiger partial charge on any atom is -0.208 e. The van der Waals surface area contributed by atoms with Crippen LogP contribution in [-0.2, 0) is 88.1 Å². The molecule has 0 fully saturated rings. The largest absolute Gasteiger partial charge is 0.208 e. The van der Waals surface area contributed by atoms with Gasteiger partial charge >= 0.3 is 0 Å². The molecule has 0 atom stereocenters. The Hall–Kier alpha value is -7.65. The van der Waals surface area contributed by atoms with Crippen LogP contribution in [0, 0.1) is 6.92 Å². The van der Waals surface area contributed by atoms with Crippen molar-refractivity contribution in [1.82, 2.24) is 0 Å². The summed E-state index contributed by atoms with van der Waals surface area (Å²) in [5.41, 5.74) is 11.7. The molecule has 9 aromatic heterocycles. The van der Waals surface area contributed by atoms with Gasteiger partial charge in [-0.15, -0.1) is 0 Å². The Kier molecular flexibility index (Phi) is 46.4. The van der Waals surface area contributed by atoms with Gasteiger partial charge in [-0.25, -0.2) is 41.1 Å². The third kappa shape index (κ3) is 42.4. The summed E-state index contributed by atoms with van der Waals surface area (Å²) >= 11 is 0. The zero-order valence-electron chi connectivity index (χ0n) is 64.2. The van der Waals surface area contributed by atoms with E-state index < -0.39 is 0 Å². The van der Waals surface area contributed by atoms with Crippen molar-refractivity contribution in [3.05, 3.63) is 271 Å². The lowest BCUT2D eigenvalue weighted by Crippen LogP contribution is -2.27. The second kappa shape index (κ2) is 51.7. The van der Waals surface area contributed by atoms with Crippen LogP contribution in [0.25, 0.3) is 0 Å². The second-order valence-electron chi connectivity index (χ2n) is 26.8. The molecule has 0 bridgehead atoms. The van der Waals surface area contributed by atoms with Crippen LogP contribution in [0.4, 0.5) is 0 Å². The van der Waals surface area contributed by atoms with Crippen molar-refractivity contribution in [2.24, 2.45) is 63.4 Å². The third-order valence-corrected chi connectivity index (χ3v) is 16.4. The number of nitrogens with zero attached hydrogens (tertiary/aromatic N) is 9. The van der Waals surface area contributed by atoms with E-state index in [0.29, 0.717) is 5.92 Å². The summed E-state index contributed by atoms with van der Waals surface area (Å²) < 4.78 is 18.5. The van der Waals surface area contributed by atoms with Gasteiger partial charge in [0.05, 0.1) is 0 Å². The normalized spacial score (nSPS) is 10.3. The molecule has 0 aromatic carbocycles. The number of hydrogen-bond acceptors (Lipinski definition) is 0. The van der Waals surface area contributed by atoms with E-state index in [-0.39, 0.29) is 5.41 Å². The minimum atomic E-state index is 0.272. The van der Waals surface area contributed by atoms with Crippen LogP contribution >= 0.6 is 0 Å². The summed E-state index contributed by atoms with van der Waals surface area (Å²) in [6.45, 7) is 28.8. The number of pyridine rings is 9. The average molecular weight is 1300 g/mol. The van der Waals surface area contributed by atoms with Crippen LogP contribution in [0.2, 0.25) is 0 Å². The first-order valence-corrected chi connectivity index (χ1v) is 35.9. The standard InChI is InChI=1S/C15H26N.2C11H18N.C10H16N.2C9H14N.C8H12N.C7H10N.C6H8N/c1-4-6-8-14(9-7-5-2)15-10-12-16(3)13-11-15;1-4-10(5-2)11-6-8-12(3)9-7-11;1-3-4-5-6-11-7-9-12(2)10-8-11;1-10(2,3)9-5-7-11(4)8-6-9;1-8(2)9-4-6-10(3)7-5-9;1-3-4-9-5-7-10(2)8-6-9;1-3-8-4-6-9(2)7-5-8;1-7-3-5-8(2)6-4-7;1-7-5-3-2-4-6-7/h10-14H,4-9H2,1-3H3;6-10H,4-5H2,1-3H3;7-10H,3-6H2,1-2H3;5-8H,1-4H3;4-8H,1-3H3;5-8H,3-4H2,1-2H3;4-7H,3H2,1-2H3;3-6H,1-2H3;2-6H,1H3/q9*+1. The molecule has 0 radical (unpaired) electrons. The van der Waals surface area contributed by atoms with Gasteiger partial charge in [0.1, 0.15) is 63.4 Å². The molecule has 9 nitrogen and oxygen atoms in total. The molecule has 0 saturated carbocycles. The molecular formula is C86H136N9+9. The van der Waals surface area contributed by atoms with Crippen molar-refractivity contribution in [3.8, 4) is 0 Å². The van der Waals surface area contributed by atoms with Crippen LogP contribution in [0.3, 0.4) is 0 Å². The summed E-state index contributed by atoms with van der Waals surface area (Å²) in [5, 5.41) is 0. The van der Waals surface area contributed by atoms with E-state index in [4.69, 9.17) is 0 Å². The van der Waals surface area contributed by atoms with Crippen LogP contribution in [0.1, 0.15) is 222 Å². The average Bonchev–Trinajstić information content (AvgIpc) is 1.46. The number of aryl methyl sites for hydroxylation is 13. The maximum Gasteiger partial charge on any atom is 0.168 e. The van der Waals surface area contributed by atoms with Crippen molar-refractivity contribution >= 4 is 0 Å². The van der Waals surface area contributed by atoms with Crippen molar-refractivity contribution < 1.29 is 41.1 Å². The fraction of sp³-hybridized carbons (Fsp3) is 0.477. The molecule has 0 amide bonds. The highest BCUT2D eigenvalue weighted by molar-refractivity contribution is 5.18. The Balaban J connectivity index is 0.000000539. The number of rotatable bonds is 18. The summed E-state index contributed by atoms with van der Waals surface area (Å²) in [5.74, 6) is 2.16. The highest BCUT2D eigenvalue weighted by atomic mass is 14.9. The van der Waals surface area contributed by atoms with Gasteiger partial charge in [0.25, 0.3) is 0 Å². The van der Waals surface area contributed by atoms with Crippen LogP contribution in [0.15, 0.2) is 227 Å². The van der Waals surface area contributed by atoms with Gasteiger partial charge in [-0.2, -0.15) is 0 Å². The fourth-order valence-corrected chi connectivity index (χ4v) is 9.70. The maximum atomic E-state index is 2.29. The van der Waals surface area contributed by atoms with Crippen molar-refractivity contribution in [1.29, 1.82) is 0 Å². The first kappa shape index (κ1) is 85.4. The van der Waals surface area contributed by atoms with Crippen molar-refractivity contribution in [3.63, 3.8) is 0 Å². The van der Waals surface area contributed by atoms with Crippen LogP contribution < -0.4 is 41.1 Å². The minimum absolute atomic E-state index is 0.272. The van der Waals surface area contributed by atoms with Gasteiger partial charge in [0.15, 0.2) is 112 Å². The molecule has 9 heterocycles. The molecule has 516 valence electrons. The molecule has 95 heavy (non-hydrogen) atoms. The Bertz CT molecular complexity index is 3180. The van der Waals surface area contributed by atoms with Crippen molar-refractivity contribution in [2.45, 2.75) is 209 Å². The lowest BCUT2D eigenvalue weighted by molar-refractivity contribution is -0.671. The first-order valence-electron chi connectivity index (χ1n) is 35.9. The first-order chi connectivity index (χ1) is 45.4. The van der Waals surface area contributed by atoms with Gasteiger partial charge in [0.2, 0.25) is 0 Å². The topological polar surface area (TPSA) is 34.9 Å². The maximum absolute atomic E-state index is 2.29. The van der Waals surface area contributed by atoms with E-state index in [9.17, 15) is 0 Å². The molecule has 9 heteroatoms. The molecule has 0 aliphatic carbocycles. The summed E-state index contributed by atoms with van der Waals surface area (Å²) in [7, 11) is 18.3. The third-order valence-electron chi connectivity index (χ3n) is 16.4. The van der Waals surface area contributed by atoms with Gasteiger partial charge < -0.3 is 0 Å². The predicted molar refractivity (Wildman–Crippen MR) is 398 cm³/mol. The molecule has 0 spiro atoms. The molecular weight excluding hydrogens is 1160 g/mol. The lowest BCUT2D eigenvalue weighted by atomic mass is 9.88. The number of hydrogen-bond donors (Lipinski definition) is 0. The van der Waals surface area contributed by atoms with Gasteiger partial charge in [-0.1, -0.05) is 134 Å². The smallest absolute Gasteiger partial charge is 0.168 e. The molecule has 0 aliphatic rings. The Morgan fingerprint density at radius 1 is 0.305 bits per heavy atom. The zero-order valence-corrected chi connectivity index (χ0v) is 64.2. The molecule has 9 aromatic rings. The Labute approximate surface area is 582 Å². The summed E-state index contributed by atoms with van der Waals surface area (Å²) in [4.78, 5) is 0. The monoisotopic (exact) mass is 1300 g/mol. The number of unbranched alkanes of at least 4 members (excludes halogenated alkanes) is 4. The van der Waals surface area contributed by atoms with Gasteiger partial charge in [-0.3, -0.25) is 0 Å². The number of aromatic nitrogens is 9. The van der Waals surface area contributed by atoms with E-state index in [1.54, 1.807) is 0 Å². The molecule has 0 unspecified atom stereocenters. The summed E-state index contributed by atoms with van der Waals surface area (Å²) in [6, 6.07) is 40.9. The summed E-state index contributed by atoms with van der Waals surface area (Å²) in [6.07, 6.45) is 56.8. The van der Waals surface area contributed by atoms with Gasteiger partial charge in [0, 0.05) is 109 Å². The highest BCUT2D eigenvalue weighted by Gasteiger charge is 2.14. The van der Waals surface area contributed by atoms with Crippen molar-refractivity contribution in [2.75, 3.05) is 0 Å². The molecule has 0 aliphatic heterocycles. The van der Waals surface area contributed by atoms with Crippen LogP contribution in [0.5, 0.6) is 0 Å². The molecule has 0 N–H and O–H groups in total. The van der Waals surface area contributed by atoms with E-state index in [1.165, 1.54) is 134 Å². The van der Waals surface area contributed by atoms with E-state index in [1.807, 2.05) is 104 Å². The van der Waals surface area contributed by atoms with Crippen LogP contribution in [-0.4, -0.2) is 0 Å². The van der Waals surface area contributed by atoms with E-state index in [0.717, 1.165) is 18.3 Å². The highest BCUT2D eigenvalue weighted by Crippen LogP contribution is 2.27. The van der Waals surface area contributed by atoms with Gasteiger partial charge in [-0.05, 0) is 126 Å². The zero-order chi connectivity index (χ0) is 70.8. The SMILES string of the molecule is CC(C)c1cc[n+](C)cc1.CCC(CC)c1cc[n+](C)cc1.CCCCC(CCCC)c1cc[n+](C)cc1.CCCCCc1cc[n+](C)cc1.CCCc1cc[n+](C)cc1.CCc1cc[n+](C)cc1.C[n+]1ccc(C(C)(C)C)cc1.C[n+]1ccccc1.Cc1cc[n+](C)cc1. The molecule has 9 rings (SSSR count). The van der Waals surface area contributed by atoms with E-state index in [2.05, 4.69) is 318 Å². The quantitative estimate of drug-likeness (QED) is 0.0606. The van der Waals surface area contributed by atoms with E-state index >= 15 is 0 Å². The molecule has 0 saturated heterocycles. The lowest BCUT2D eigenvalue weighted by Gasteiger charge is -2.17. The Morgan fingerprint density at radius 3 is 0.905 bits per heavy atom. The second-order valence-corrected chi connectivity index (χ2v) is 26.8. The Morgan fingerprint density at radius 2 is 0.611 bits per heavy atom. The predicted octanol–water partition coefficient (Wildman–Crippen LogP) is 15.9. The fourth-order valence-electron chi connectivity index (χ4n) is 9.70.